The van der Waals surface area contributed by atoms with Crippen LogP contribution in [0, 0.1) is 17.6 Å². The summed E-state index contributed by atoms with van der Waals surface area (Å²) in [5.41, 5.74) is 2.61. The van der Waals surface area contributed by atoms with Crippen molar-refractivity contribution in [1.29, 1.82) is 0 Å². The van der Waals surface area contributed by atoms with Crippen molar-refractivity contribution in [1.82, 2.24) is 5.32 Å². The van der Waals surface area contributed by atoms with Crippen LogP contribution < -0.4 is 10.6 Å². The predicted molar refractivity (Wildman–Crippen MR) is 104 cm³/mol. The zero-order chi connectivity index (χ0) is 20.5. The van der Waals surface area contributed by atoms with Gasteiger partial charge in [-0.05, 0) is 42.2 Å². The van der Waals surface area contributed by atoms with Gasteiger partial charge in [-0.25, -0.2) is 8.78 Å². The molecule has 0 unspecified atom stereocenters. The highest BCUT2D eigenvalue weighted by molar-refractivity contribution is 5.95. The van der Waals surface area contributed by atoms with Crippen molar-refractivity contribution in [2.75, 3.05) is 11.9 Å². The van der Waals surface area contributed by atoms with Crippen LogP contribution in [-0.4, -0.2) is 23.5 Å². The average molecular weight is 398 g/mol. The van der Waals surface area contributed by atoms with E-state index in [4.69, 9.17) is 5.11 Å². The lowest BCUT2D eigenvalue weighted by atomic mass is 9.76. The minimum absolute atomic E-state index is 0.00692. The van der Waals surface area contributed by atoms with E-state index in [1.807, 2.05) is 6.08 Å². The number of halogens is 2. The lowest BCUT2D eigenvalue weighted by Gasteiger charge is -2.37. The first kappa shape index (κ1) is 19.1. The van der Waals surface area contributed by atoms with Gasteiger partial charge in [-0.3, -0.25) is 9.59 Å². The third kappa shape index (κ3) is 3.72. The summed E-state index contributed by atoms with van der Waals surface area (Å²) in [6.07, 6.45) is 4.70. The Morgan fingerprint density at radius 3 is 2.72 bits per heavy atom. The van der Waals surface area contributed by atoms with Gasteiger partial charge in [0.15, 0.2) is 0 Å². The SMILES string of the molecule is O=C(O)CCNC(=O)c1ccc2c(c1)[C@@H]1C=CC[C@H]1[C@H](c1ccc(F)cc1F)N2. The summed E-state index contributed by atoms with van der Waals surface area (Å²) in [5.74, 6) is -2.44. The third-order valence-corrected chi connectivity index (χ3v) is 5.55. The highest BCUT2D eigenvalue weighted by atomic mass is 19.1. The van der Waals surface area contributed by atoms with Crippen LogP contribution >= 0.6 is 0 Å². The Bertz CT molecular complexity index is 1010. The number of carbonyl (C=O) groups is 2. The molecule has 1 aliphatic heterocycles. The molecule has 4 rings (SSSR count). The second-order valence-electron chi connectivity index (χ2n) is 7.34. The first-order valence-corrected chi connectivity index (χ1v) is 9.46. The van der Waals surface area contributed by atoms with Gasteiger partial charge in [0.05, 0.1) is 12.5 Å². The highest BCUT2D eigenvalue weighted by Crippen LogP contribution is 2.50. The molecule has 0 saturated heterocycles. The first-order chi connectivity index (χ1) is 13.9. The van der Waals surface area contributed by atoms with Gasteiger partial charge in [-0.2, -0.15) is 0 Å². The molecule has 29 heavy (non-hydrogen) atoms. The van der Waals surface area contributed by atoms with Crippen molar-refractivity contribution in [3.05, 3.63) is 76.9 Å². The fourth-order valence-corrected chi connectivity index (χ4v) is 4.18. The summed E-state index contributed by atoms with van der Waals surface area (Å²) < 4.78 is 27.7. The fraction of sp³-hybridized carbons (Fsp3) is 0.273. The molecule has 0 fully saturated rings. The lowest BCUT2D eigenvalue weighted by molar-refractivity contribution is -0.136. The zero-order valence-electron chi connectivity index (χ0n) is 15.5. The quantitative estimate of drug-likeness (QED) is 0.666. The Morgan fingerprint density at radius 2 is 1.97 bits per heavy atom. The van der Waals surface area contributed by atoms with Crippen LogP contribution in [0.25, 0.3) is 0 Å². The van der Waals surface area contributed by atoms with Gasteiger partial charge in [0.1, 0.15) is 11.6 Å². The Morgan fingerprint density at radius 1 is 1.14 bits per heavy atom. The number of amides is 1. The van der Waals surface area contributed by atoms with Crippen LogP contribution in [0.5, 0.6) is 0 Å². The summed E-state index contributed by atoms with van der Waals surface area (Å²) in [6, 6.07) is 8.55. The van der Waals surface area contributed by atoms with Gasteiger partial charge in [0, 0.05) is 35.3 Å². The van der Waals surface area contributed by atoms with E-state index in [1.54, 1.807) is 18.2 Å². The molecule has 2 aromatic carbocycles. The van der Waals surface area contributed by atoms with E-state index in [0.29, 0.717) is 11.1 Å². The number of allylic oxidation sites excluding steroid dienone is 2. The van der Waals surface area contributed by atoms with Gasteiger partial charge in [-0.1, -0.05) is 18.2 Å². The second kappa shape index (κ2) is 7.66. The Balaban J connectivity index is 1.61. The number of carbonyl (C=O) groups excluding carboxylic acids is 1. The van der Waals surface area contributed by atoms with Gasteiger partial charge in [-0.15, -0.1) is 0 Å². The number of rotatable bonds is 5. The molecule has 0 spiro atoms. The van der Waals surface area contributed by atoms with Gasteiger partial charge in [0.25, 0.3) is 5.91 Å². The molecule has 150 valence electrons. The van der Waals surface area contributed by atoms with Crippen molar-refractivity contribution in [2.24, 2.45) is 5.92 Å². The first-order valence-electron chi connectivity index (χ1n) is 9.46. The topological polar surface area (TPSA) is 78.4 Å². The maximum absolute atomic E-state index is 14.4. The number of anilines is 1. The number of hydrogen-bond acceptors (Lipinski definition) is 3. The van der Waals surface area contributed by atoms with E-state index in [2.05, 4.69) is 16.7 Å². The van der Waals surface area contributed by atoms with Crippen molar-refractivity contribution in [2.45, 2.75) is 24.8 Å². The Hall–Kier alpha value is -3.22. The standard InChI is InChI=1S/C22H20F2N2O3/c23-13-5-6-16(18(24)11-13)21-15-3-1-2-14(15)17-10-12(4-7-19(17)26-21)22(29)25-9-8-20(27)28/h1-2,4-7,10-11,14-15,21,26H,3,8-9H2,(H,25,29)(H,27,28)/t14-,15-,21-/m1/s1. The van der Waals surface area contributed by atoms with E-state index in [9.17, 15) is 18.4 Å². The van der Waals surface area contributed by atoms with Crippen LogP contribution in [-0.2, 0) is 4.79 Å². The molecule has 2 aromatic rings. The molecule has 1 aliphatic carbocycles. The van der Waals surface area contributed by atoms with Gasteiger partial charge in [0.2, 0.25) is 0 Å². The molecular weight excluding hydrogens is 378 g/mol. The van der Waals surface area contributed by atoms with Gasteiger partial charge >= 0.3 is 5.97 Å². The van der Waals surface area contributed by atoms with Crippen molar-refractivity contribution >= 4 is 17.6 Å². The molecule has 0 aromatic heterocycles. The minimum Gasteiger partial charge on any atom is -0.481 e. The number of aliphatic carboxylic acids is 1. The molecule has 1 heterocycles. The molecular formula is C22H20F2N2O3. The lowest BCUT2D eigenvalue weighted by Crippen LogP contribution is -2.31. The number of nitrogens with one attached hydrogen (secondary N) is 2. The van der Waals surface area contributed by atoms with E-state index >= 15 is 0 Å². The summed E-state index contributed by atoms with van der Waals surface area (Å²) in [4.78, 5) is 22.9. The number of benzene rings is 2. The van der Waals surface area contributed by atoms with E-state index in [0.717, 1.165) is 23.7 Å². The highest BCUT2D eigenvalue weighted by Gasteiger charge is 2.39. The summed E-state index contributed by atoms with van der Waals surface area (Å²) in [5, 5.41) is 14.7. The van der Waals surface area contributed by atoms with E-state index in [-0.39, 0.29) is 36.8 Å². The van der Waals surface area contributed by atoms with Crippen LogP contribution in [0.15, 0.2) is 48.6 Å². The maximum Gasteiger partial charge on any atom is 0.305 e. The van der Waals surface area contributed by atoms with Crippen LogP contribution in [0.1, 0.15) is 46.3 Å². The van der Waals surface area contributed by atoms with E-state index < -0.39 is 17.6 Å². The summed E-state index contributed by atoms with van der Waals surface area (Å²) >= 11 is 0. The molecule has 2 aliphatic rings. The number of fused-ring (bicyclic) bond motifs is 3. The minimum atomic E-state index is -0.974. The third-order valence-electron chi connectivity index (χ3n) is 5.55. The molecule has 3 N–H and O–H groups in total. The second-order valence-corrected chi connectivity index (χ2v) is 7.34. The van der Waals surface area contributed by atoms with Crippen molar-refractivity contribution < 1.29 is 23.5 Å². The summed E-state index contributed by atoms with van der Waals surface area (Å²) in [6.45, 7) is 0.0569. The number of carboxylic acids is 1. The fourth-order valence-electron chi connectivity index (χ4n) is 4.18. The predicted octanol–water partition coefficient (Wildman–Crippen LogP) is 4.00. The Labute approximate surface area is 166 Å². The van der Waals surface area contributed by atoms with Crippen LogP contribution in [0.4, 0.5) is 14.5 Å². The molecule has 0 saturated carbocycles. The smallest absolute Gasteiger partial charge is 0.305 e. The summed E-state index contributed by atoms with van der Waals surface area (Å²) in [7, 11) is 0. The van der Waals surface area contributed by atoms with Crippen molar-refractivity contribution in [3.63, 3.8) is 0 Å². The van der Waals surface area contributed by atoms with Crippen LogP contribution in [0.3, 0.4) is 0 Å². The Kier molecular flexibility index (Phi) is 5.05. The average Bonchev–Trinajstić information content (AvgIpc) is 3.17. The molecule has 1 amide bonds. The molecule has 5 nitrogen and oxygen atoms in total. The van der Waals surface area contributed by atoms with Gasteiger partial charge < -0.3 is 15.7 Å². The monoisotopic (exact) mass is 398 g/mol. The molecule has 7 heteroatoms. The molecule has 0 bridgehead atoms. The molecule has 3 atom stereocenters. The zero-order valence-corrected chi connectivity index (χ0v) is 15.5. The van der Waals surface area contributed by atoms with Crippen molar-refractivity contribution in [3.8, 4) is 0 Å². The van der Waals surface area contributed by atoms with Crippen LogP contribution in [0.2, 0.25) is 0 Å². The normalized spacial score (nSPS) is 21.8. The maximum atomic E-state index is 14.4. The molecule has 0 radical (unpaired) electrons. The number of hydrogen-bond donors (Lipinski definition) is 3. The number of carboxylic acid groups (broad SMARTS) is 1. The largest absolute Gasteiger partial charge is 0.481 e. The van der Waals surface area contributed by atoms with E-state index in [1.165, 1.54) is 12.1 Å².